The Morgan fingerprint density at radius 2 is 1.61 bits per heavy atom. The van der Waals surface area contributed by atoms with Crippen LogP contribution in [0, 0.1) is 5.41 Å². The molecule has 1 heterocycles. The minimum atomic E-state index is 0.0240. The maximum absolute atomic E-state index is 6.35. The fraction of sp³-hybridized carbons (Fsp3) is 0.694. The predicted molar refractivity (Wildman–Crippen MR) is 173 cm³/mol. The number of aromatic nitrogens is 1. The van der Waals surface area contributed by atoms with E-state index in [-0.39, 0.29) is 22.6 Å². The zero-order valence-corrected chi connectivity index (χ0v) is 28.0. The molecule has 0 unspecified atom stereocenters. The van der Waals surface area contributed by atoms with Gasteiger partial charge in [-0.3, -0.25) is 0 Å². The minimum absolute atomic E-state index is 0.0240. The predicted octanol–water partition coefficient (Wildman–Crippen LogP) is 8.25. The van der Waals surface area contributed by atoms with Crippen LogP contribution < -0.4 is 20.1 Å². The number of hydrogen-bond donors (Lipinski definition) is 2. The lowest BCUT2D eigenvalue weighted by Gasteiger charge is -2.42. The Morgan fingerprint density at radius 3 is 2.27 bits per heavy atom. The normalized spacial score (nSPS) is 19.0. The van der Waals surface area contributed by atoms with Crippen LogP contribution >= 0.6 is 0 Å². The Balaban J connectivity index is 1.45. The van der Waals surface area contributed by atoms with E-state index in [9.17, 15) is 0 Å². The molecule has 230 valence electrons. The van der Waals surface area contributed by atoms with Gasteiger partial charge in [-0.05, 0) is 120 Å². The van der Waals surface area contributed by atoms with Crippen molar-refractivity contribution in [1.29, 1.82) is 0 Å². The van der Waals surface area contributed by atoms with Gasteiger partial charge in [0.15, 0.2) is 0 Å². The van der Waals surface area contributed by atoms with Crippen LogP contribution in [0.4, 0.5) is 0 Å². The summed E-state index contributed by atoms with van der Waals surface area (Å²) in [5.74, 6) is 1.72. The van der Waals surface area contributed by atoms with Crippen molar-refractivity contribution in [2.75, 3.05) is 6.54 Å². The highest BCUT2D eigenvalue weighted by molar-refractivity contribution is 5.29. The fourth-order valence-corrected chi connectivity index (χ4v) is 5.25. The summed E-state index contributed by atoms with van der Waals surface area (Å²) < 4.78 is 12.5. The van der Waals surface area contributed by atoms with Gasteiger partial charge in [0.05, 0.1) is 0 Å². The van der Waals surface area contributed by atoms with Gasteiger partial charge >= 0.3 is 0 Å². The van der Waals surface area contributed by atoms with Crippen molar-refractivity contribution in [3.05, 3.63) is 53.7 Å². The van der Waals surface area contributed by atoms with Crippen LogP contribution in [0.25, 0.3) is 0 Å². The highest BCUT2D eigenvalue weighted by Crippen LogP contribution is 2.34. The molecule has 2 aromatic rings. The number of ether oxygens (including phenoxy) is 2. The van der Waals surface area contributed by atoms with E-state index in [1.54, 1.807) is 0 Å². The number of nitrogens with zero attached hydrogens (tertiary/aromatic N) is 1. The number of benzene rings is 1. The lowest BCUT2D eigenvalue weighted by molar-refractivity contribution is 0.0690. The van der Waals surface area contributed by atoms with Crippen molar-refractivity contribution < 1.29 is 9.47 Å². The van der Waals surface area contributed by atoms with Crippen molar-refractivity contribution in [3.63, 3.8) is 0 Å². The van der Waals surface area contributed by atoms with Gasteiger partial charge in [-0.15, -0.1) is 0 Å². The standard InChI is InChI=1S/C36H59N3O2/c1-26(25-38-34(5,6)7)40-32-22-28(16-20-37-32)35(8,9)18-19-36(10,11)39-29-23-31(24-29)41-30-14-12-13-27(21-30)15-17-33(2,3)4/h12-14,16,20-22,26,29,31,38-39H,15,17-19,23-25H2,1-11H3/t26-,29?,31?/m1/s1. The first-order valence-electron chi connectivity index (χ1n) is 15.8. The maximum Gasteiger partial charge on any atom is 0.213 e. The summed E-state index contributed by atoms with van der Waals surface area (Å²) in [6.07, 6.45) is 8.80. The van der Waals surface area contributed by atoms with Gasteiger partial charge in [0, 0.05) is 35.9 Å². The molecule has 1 fully saturated rings. The van der Waals surface area contributed by atoms with Crippen LogP contribution in [-0.4, -0.2) is 40.9 Å². The van der Waals surface area contributed by atoms with E-state index in [1.165, 1.54) is 17.5 Å². The molecule has 1 aliphatic carbocycles. The Morgan fingerprint density at radius 1 is 0.902 bits per heavy atom. The van der Waals surface area contributed by atoms with E-state index in [0.717, 1.165) is 44.4 Å². The van der Waals surface area contributed by atoms with Crippen LogP contribution in [0.2, 0.25) is 0 Å². The Kier molecular flexibility index (Phi) is 11.0. The molecule has 0 spiro atoms. The SMILES string of the molecule is C[C@H](CNC(C)(C)C)Oc1cc(C(C)(C)CCC(C)(C)NC2CC(Oc3cccc(CCC(C)(C)C)c3)C2)ccn1. The Bertz CT molecular complexity index is 1090. The first kappa shape index (κ1) is 33.4. The summed E-state index contributed by atoms with van der Waals surface area (Å²) >= 11 is 0. The summed E-state index contributed by atoms with van der Waals surface area (Å²) in [5, 5.41) is 7.43. The third kappa shape index (κ3) is 12.0. The molecule has 1 saturated carbocycles. The highest BCUT2D eigenvalue weighted by Gasteiger charge is 2.35. The van der Waals surface area contributed by atoms with E-state index < -0.39 is 0 Å². The topological polar surface area (TPSA) is 55.4 Å². The molecule has 2 N–H and O–H groups in total. The number of hydrogen-bond acceptors (Lipinski definition) is 5. The van der Waals surface area contributed by atoms with Crippen LogP contribution in [0.5, 0.6) is 11.6 Å². The summed E-state index contributed by atoms with van der Waals surface area (Å²) in [5.41, 5.74) is 3.14. The van der Waals surface area contributed by atoms with Crippen molar-refractivity contribution >= 4 is 0 Å². The van der Waals surface area contributed by atoms with E-state index in [4.69, 9.17) is 9.47 Å². The van der Waals surface area contributed by atoms with Crippen LogP contribution in [0.15, 0.2) is 42.6 Å². The zero-order chi connectivity index (χ0) is 30.5. The summed E-state index contributed by atoms with van der Waals surface area (Å²) in [6, 6.07) is 13.5. The largest absolute Gasteiger partial charge is 0.490 e. The third-order valence-electron chi connectivity index (χ3n) is 8.19. The molecule has 0 bridgehead atoms. The summed E-state index contributed by atoms with van der Waals surface area (Å²) in [6.45, 7) is 25.6. The van der Waals surface area contributed by atoms with Crippen LogP contribution in [-0.2, 0) is 11.8 Å². The zero-order valence-electron chi connectivity index (χ0n) is 28.0. The third-order valence-corrected chi connectivity index (χ3v) is 8.19. The van der Waals surface area contributed by atoms with Crippen LogP contribution in [0.3, 0.4) is 0 Å². The van der Waals surface area contributed by atoms with Gasteiger partial charge in [-0.2, -0.15) is 0 Å². The van der Waals surface area contributed by atoms with Gasteiger partial charge in [0.2, 0.25) is 5.88 Å². The van der Waals surface area contributed by atoms with Crippen molar-refractivity contribution in [2.24, 2.45) is 5.41 Å². The van der Waals surface area contributed by atoms with E-state index in [2.05, 4.69) is 128 Å². The van der Waals surface area contributed by atoms with Gasteiger partial charge in [0.25, 0.3) is 0 Å². The van der Waals surface area contributed by atoms with Crippen LogP contribution in [0.1, 0.15) is 119 Å². The van der Waals surface area contributed by atoms with Gasteiger partial charge in [-0.1, -0.05) is 46.8 Å². The first-order chi connectivity index (χ1) is 18.9. The fourth-order valence-electron chi connectivity index (χ4n) is 5.25. The molecule has 0 radical (unpaired) electrons. The maximum atomic E-state index is 6.35. The quantitative estimate of drug-likeness (QED) is 0.242. The number of pyridine rings is 1. The van der Waals surface area contributed by atoms with Crippen molar-refractivity contribution in [1.82, 2.24) is 15.6 Å². The molecular formula is C36H59N3O2. The minimum Gasteiger partial charge on any atom is -0.490 e. The molecule has 1 atom stereocenters. The van der Waals surface area contributed by atoms with Gasteiger partial charge in [-0.25, -0.2) is 4.98 Å². The smallest absolute Gasteiger partial charge is 0.213 e. The summed E-state index contributed by atoms with van der Waals surface area (Å²) in [4.78, 5) is 4.49. The molecule has 0 amide bonds. The highest BCUT2D eigenvalue weighted by atomic mass is 16.5. The van der Waals surface area contributed by atoms with E-state index in [0.29, 0.717) is 23.4 Å². The second-order valence-electron chi connectivity index (χ2n) is 16.0. The summed E-state index contributed by atoms with van der Waals surface area (Å²) in [7, 11) is 0. The lowest BCUT2D eigenvalue weighted by atomic mass is 9.77. The van der Waals surface area contributed by atoms with Crippen molar-refractivity contribution in [3.8, 4) is 11.6 Å². The Hall–Kier alpha value is -2.11. The monoisotopic (exact) mass is 565 g/mol. The molecule has 1 aromatic carbocycles. The van der Waals surface area contributed by atoms with Gasteiger partial charge in [0.1, 0.15) is 18.0 Å². The molecule has 41 heavy (non-hydrogen) atoms. The molecule has 1 aromatic heterocycles. The second-order valence-corrected chi connectivity index (χ2v) is 16.0. The average Bonchev–Trinajstić information content (AvgIpc) is 2.83. The molecule has 5 nitrogen and oxygen atoms in total. The van der Waals surface area contributed by atoms with E-state index >= 15 is 0 Å². The number of aryl methyl sites for hydroxylation is 1. The lowest BCUT2D eigenvalue weighted by Crippen LogP contribution is -2.54. The molecular weight excluding hydrogens is 506 g/mol. The molecule has 5 heteroatoms. The van der Waals surface area contributed by atoms with Crippen molar-refractivity contribution in [2.45, 2.75) is 149 Å². The first-order valence-corrected chi connectivity index (χ1v) is 15.8. The average molecular weight is 566 g/mol. The second kappa shape index (κ2) is 13.5. The molecule has 1 aliphatic rings. The molecule has 0 aliphatic heterocycles. The molecule has 0 saturated heterocycles. The van der Waals surface area contributed by atoms with E-state index in [1.807, 2.05) is 6.20 Å². The Labute approximate surface area is 251 Å². The number of nitrogens with one attached hydrogen (secondary N) is 2. The van der Waals surface area contributed by atoms with Gasteiger partial charge < -0.3 is 20.1 Å². The molecule has 3 rings (SSSR count). The number of rotatable bonds is 14.